The topological polar surface area (TPSA) is 112 Å². The first kappa shape index (κ1) is 23.8. The van der Waals surface area contributed by atoms with E-state index in [2.05, 4.69) is 46.2 Å². The third-order valence-electron chi connectivity index (χ3n) is 5.95. The summed E-state index contributed by atoms with van der Waals surface area (Å²) in [5.74, 6) is 0.738. The van der Waals surface area contributed by atoms with Crippen molar-refractivity contribution in [2.75, 3.05) is 0 Å². The minimum atomic E-state index is -4.52. The fraction of sp³-hybridized carbons (Fsp3) is 0.261. The van der Waals surface area contributed by atoms with Crippen LogP contribution in [0.15, 0.2) is 65.2 Å². The standard InChI is InChI=1S/C23H18F3N3O.H3NO2S/c1-22(2)18(13-8-4-3-5-9-13)19(22)20-28-21(30-29-20)17-12-15(23(24,25)26)14-10-6-7-11-16(14)27-17;1-4(2)3/h3-12,18-19H,1-2H3;4H,(H2,1,2,3)/t18-,19+;/m0./s1. The summed E-state index contributed by atoms with van der Waals surface area (Å²) in [6, 6.07) is 17.2. The molecule has 34 heavy (non-hydrogen) atoms. The molecule has 0 spiro atoms. The average molecular weight is 491 g/mol. The molecule has 2 N–H and O–H groups in total. The van der Waals surface area contributed by atoms with Crippen molar-refractivity contribution in [1.82, 2.24) is 15.1 Å². The summed E-state index contributed by atoms with van der Waals surface area (Å²) >= 11 is 0. The van der Waals surface area contributed by atoms with Gasteiger partial charge in [-0.25, -0.2) is 18.5 Å². The summed E-state index contributed by atoms with van der Waals surface area (Å²) in [5, 5.41) is 8.20. The minimum absolute atomic E-state index is 0.00392. The Labute approximate surface area is 194 Å². The molecule has 2 atom stereocenters. The highest BCUT2D eigenvalue weighted by Crippen LogP contribution is 2.69. The molecule has 178 valence electrons. The SMILES string of the molecule is CC1(C)[C@@H](c2ccccc2)[C@@H]1c1noc(-c2cc(C(F)(F)F)c3ccccc3n2)n1.N[SH](=O)=O. The Morgan fingerprint density at radius 3 is 2.24 bits per heavy atom. The Bertz CT molecular complexity index is 1390. The van der Waals surface area contributed by atoms with Gasteiger partial charge in [-0.3, -0.25) is 0 Å². The van der Waals surface area contributed by atoms with E-state index in [0.29, 0.717) is 5.82 Å². The van der Waals surface area contributed by atoms with Crippen LogP contribution in [0.4, 0.5) is 13.2 Å². The van der Waals surface area contributed by atoms with Crippen molar-refractivity contribution in [3.63, 3.8) is 0 Å². The number of pyridine rings is 1. The second kappa shape index (κ2) is 8.80. The van der Waals surface area contributed by atoms with Gasteiger partial charge in [0.15, 0.2) is 16.7 Å². The largest absolute Gasteiger partial charge is 0.417 e. The Balaban J connectivity index is 0.000000636. The first-order valence-electron chi connectivity index (χ1n) is 10.2. The number of alkyl halides is 3. The highest BCUT2D eigenvalue weighted by molar-refractivity contribution is 7.69. The Kier molecular flexibility index (Phi) is 6.17. The molecular weight excluding hydrogens is 469 g/mol. The fourth-order valence-corrected chi connectivity index (χ4v) is 4.39. The summed E-state index contributed by atoms with van der Waals surface area (Å²) < 4.78 is 63.8. The van der Waals surface area contributed by atoms with Gasteiger partial charge in [0.2, 0.25) is 0 Å². The number of benzene rings is 2. The number of hydrogen-bond donors (Lipinski definition) is 2. The van der Waals surface area contributed by atoms with Crippen LogP contribution in [0, 0.1) is 5.41 Å². The number of nitrogens with zero attached hydrogens (tertiary/aromatic N) is 3. The van der Waals surface area contributed by atoms with Crippen LogP contribution >= 0.6 is 0 Å². The summed E-state index contributed by atoms with van der Waals surface area (Å²) in [7, 11) is -2.62. The van der Waals surface area contributed by atoms with E-state index in [1.54, 1.807) is 18.2 Å². The zero-order valence-electron chi connectivity index (χ0n) is 18.2. The molecule has 0 radical (unpaired) electrons. The van der Waals surface area contributed by atoms with Gasteiger partial charge in [-0.1, -0.05) is 67.5 Å². The van der Waals surface area contributed by atoms with Crippen molar-refractivity contribution in [3.8, 4) is 11.6 Å². The van der Waals surface area contributed by atoms with Gasteiger partial charge in [0.1, 0.15) is 5.69 Å². The molecule has 2 heterocycles. The zero-order chi connectivity index (χ0) is 24.7. The second-order valence-corrected chi connectivity index (χ2v) is 9.07. The Morgan fingerprint density at radius 2 is 1.59 bits per heavy atom. The molecule has 2 aromatic carbocycles. The summed E-state index contributed by atoms with van der Waals surface area (Å²) in [4.78, 5) is 8.77. The molecule has 7 nitrogen and oxygen atoms in total. The molecular formula is C23H21F3N4O3S. The van der Waals surface area contributed by atoms with Crippen LogP contribution in [-0.2, 0) is 17.1 Å². The van der Waals surface area contributed by atoms with E-state index in [-0.39, 0.29) is 39.7 Å². The zero-order valence-corrected chi connectivity index (χ0v) is 19.0. The number of fused-ring (bicyclic) bond motifs is 1. The lowest BCUT2D eigenvalue weighted by Crippen LogP contribution is -2.07. The molecule has 0 amide bonds. The summed E-state index contributed by atoms with van der Waals surface area (Å²) in [6.07, 6.45) is -4.52. The third-order valence-corrected chi connectivity index (χ3v) is 5.95. The number of halogens is 3. The average Bonchev–Trinajstić information content (AvgIpc) is 3.09. The van der Waals surface area contributed by atoms with E-state index in [0.717, 1.165) is 6.07 Å². The van der Waals surface area contributed by atoms with Crippen molar-refractivity contribution < 1.29 is 26.1 Å². The van der Waals surface area contributed by atoms with Gasteiger partial charge in [0.05, 0.1) is 11.1 Å². The van der Waals surface area contributed by atoms with E-state index in [9.17, 15) is 13.2 Å². The van der Waals surface area contributed by atoms with E-state index in [1.165, 1.54) is 11.6 Å². The lowest BCUT2D eigenvalue weighted by atomic mass is 10.0. The van der Waals surface area contributed by atoms with Crippen molar-refractivity contribution in [3.05, 3.63) is 77.6 Å². The van der Waals surface area contributed by atoms with Crippen molar-refractivity contribution in [2.24, 2.45) is 10.6 Å². The van der Waals surface area contributed by atoms with Gasteiger partial charge in [-0.15, -0.1) is 0 Å². The normalized spacial score (nSPS) is 19.0. The van der Waals surface area contributed by atoms with E-state index in [1.807, 2.05) is 18.2 Å². The molecule has 1 saturated carbocycles. The summed E-state index contributed by atoms with van der Waals surface area (Å²) in [5.41, 5.74) is 0.598. The molecule has 2 aromatic heterocycles. The molecule has 1 aliphatic rings. The molecule has 4 aromatic rings. The monoisotopic (exact) mass is 490 g/mol. The van der Waals surface area contributed by atoms with Crippen LogP contribution < -0.4 is 5.14 Å². The molecule has 1 fully saturated rings. The van der Waals surface area contributed by atoms with Gasteiger partial charge < -0.3 is 4.52 Å². The van der Waals surface area contributed by atoms with Crippen molar-refractivity contribution >= 4 is 21.8 Å². The summed E-state index contributed by atoms with van der Waals surface area (Å²) in [6.45, 7) is 4.25. The minimum Gasteiger partial charge on any atom is -0.332 e. The third kappa shape index (κ3) is 4.66. The van der Waals surface area contributed by atoms with Gasteiger partial charge in [-0.05, 0) is 23.1 Å². The molecule has 0 bridgehead atoms. The molecule has 0 saturated heterocycles. The Hall–Kier alpha value is -3.31. The molecule has 5 rings (SSSR count). The number of para-hydroxylation sites is 1. The van der Waals surface area contributed by atoms with Crippen LogP contribution in [0.2, 0.25) is 0 Å². The molecule has 1 aliphatic carbocycles. The van der Waals surface area contributed by atoms with Gasteiger partial charge in [0, 0.05) is 17.2 Å². The van der Waals surface area contributed by atoms with E-state index in [4.69, 9.17) is 12.9 Å². The highest BCUT2D eigenvalue weighted by atomic mass is 32.2. The van der Waals surface area contributed by atoms with Crippen molar-refractivity contribution in [2.45, 2.75) is 31.9 Å². The number of rotatable bonds is 3. The quantitative estimate of drug-likeness (QED) is 0.403. The second-order valence-electron chi connectivity index (χ2n) is 8.50. The van der Waals surface area contributed by atoms with Crippen LogP contribution in [0.3, 0.4) is 0 Å². The maximum Gasteiger partial charge on any atom is 0.417 e. The molecule has 0 aliphatic heterocycles. The lowest BCUT2D eigenvalue weighted by Gasteiger charge is -2.11. The maximum absolute atomic E-state index is 13.6. The number of nitrogens with two attached hydrogens (primary N) is 1. The number of hydrogen-bond acceptors (Lipinski definition) is 6. The van der Waals surface area contributed by atoms with Gasteiger partial charge in [0.25, 0.3) is 5.89 Å². The predicted octanol–water partition coefficient (Wildman–Crippen LogP) is 4.68. The Morgan fingerprint density at radius 1 is 0.971 bits per heavy atom. The lowest BCUT2D eigenvalue weighted by molar-refractivity contribution is -0.136. The van der Waals surface area contributed by atoms with Crippen LogP contribution in [0.1, 0.15) is 42.6 Å². The van der Waals surface area contributed by atoms with Crippen LogP contribution in [0.5, 0.6) is 0 Å². The molecule has 0 unspecified atom stereocenters. The van der Waals surface area contributed by atoms with Crippen LogP contribution in [0.25, 0.3) is 22.5 Å². The number of aromatic nitrogens is 3. The van der Waals surface area contributed by atoms with Gasteiger partial charge in [-0.2, -0.15) is 18.2 Å². The molecule has 11 heteroatoms. The fourth-order valence-electron chi connectivity index (χ4n) is 4.39. The smallest absolute Gasteiger partial charge is 0.332 e. The number of thiol groups is 1. The predicted molar refractivity (Wildman–Crippen MR) is 120 cm³/mol. The maximum atomic E-state index is 13.6. The van der Waals surface area contributed by atoms with Gasteiger partial charge >= 0.3 is 6.18 Å². The first-order chi connectivity index (χ1) is 16.0. The first-order valence-corrected chi connectivity index (χ1v) is 11.5. The van der Waals surface area contributed by atoms with Crippen molar-refractivity contribution in [1.29, 1.82) is 0 Å². The van der Waals surface area contributed by atoms with E-state index >= 15 is 0 Å². The van der Waals surface area contributed by atoms with E-state index < -0.39 is 22.6 Å². The highest BCUT2D eigenvalue weighted by Gasteiger charge is 2.61. The van der Waals surface area contributed by atoms with Crippen LogP contribution in [-0.4, -0.2) is 23.5 Å².